The van der Waals surface area contributed by atoms with E-state index in [2.05, 4.69) is 88.8 Å². The fourth-order valence-corrected chi connectivity index (χ4v) is 4.41. The van der Waals surface area contributed by atoms with Gasteiger partial charge in [0.2, 0.25) is 0 Å². The van der Waals surface area contributed by atoms with Crippen molar-refractivity contribution in [3.63, 3.8) is 0 Å². The predicted octanol–water partition coefficient (Wildman–Crippen LogP) is 7.78. The summed E-state index contributed by atoms with van der Waals surface area (Å²) in [5.41, 5.74) is 6.67. The van der Waals surface area contributed by atoms with Crippen molar-refractivity contribution in [2.24, 2.45) is 0 Å². The summed E-state index contributed by atoms with van der Waals surface area (Å²) in [4.78, 5) is 9.05. The van der Waals surface area contributed by atoms with Crippen LogP contribution in [0.4, 0.5) is 0 Å². The summed E-state index contributed by atoms with van der Waals surface area (Å²) in [5.74, 6) is 0. The summed E-state index contributed by atoms with van der Waals surface area (Å²) in [6.45, 7) is 0. The van der Waals surface area contributed by atoms with E-state index in [9.17, 15) is 0 Å². The van der Waals surface area contributed by atoms with Crippen molar-refractivity contribution in [3.8, 4) is 33.6 Å². The maximum Gasteiger partial charge on any atom is 0.0702 e. The molecule has 6 aromatic rings. The van der Waals surface area contributed by atoms with Gasteiger partial charge in [0.25, 0.3) is 0 Å². The Morgan fingerprint density at radius 1 is 0.406 bits per heavy atom. The Hall–Kier alpha value is -4.30. The second-order valence-corrected chi connectivity index (χ2v) is 7.92. The molecular weight excluding hydrogens is 388 g/mol. The average molecular weight is 409 g/mol. The van der Waals surface area contributed by atoms with Gasteiger partial charge >= 0.3 is 0 Å². The third-order valence-electron chi connectivity index (χ3n) is 5.96. The van der Waals surface area contributed by atoms with Gasteiger partial charge in [0.1, 0.15) is 0 Å². The van der Waals surface area contributed by atoms with Crippen LogP contribution in [0, 0.1) is 0 Å². The third kappa shape index (κ3) is 3.23. The monoisotopic (exact) mass is 408 g/mol. The first-order valence-electron chi connectivity index (χ1n) is 10.8. The van der Waals surface area contributed by atoms with Gasteiger partial charge in [-0.3, -0.25) is 9.97 Å². The van der Waals surface area contributed by atoms with Crippen molar-refractivity contribution in [1.29, 1.82) is 0 Å². The second kappa shape index (κ2) is 7.75. The fourth-order valence-electron chi connectivity index (χ4n) is 4.41. The first kappa shape index (κ1) is 18.5. The minimum absolute atomic E-state index is 0.985. The molecule has 0 saturated carbocycles. The molecule has 0 bridgehead atoms. The third-order valence-corrected chi connectivity index (χ3v) is 5.96. The fraction of sp³-hybridized carbons (Fsp3) is 0. The molecule has 0 amide bonds. The number of hydrogen-bond donors (Lipinski definition) is 0. The van der Waals surface area contributed by atoms with E-state index in [4.69, 9.17) is 0 Å². The van der Waals surface area contributed by atoms with Gasteiger partial charge in [-0.2, -0.15) is 0 Å². The number of benzene rings is 4. The lowest BCUT2D eigenvalue weighted by atomic mass is 9.90. The molecule has 0 N–H and O–H groups in total. The first-order valence-corrected chi connectivity index (χ1v) is 10.8. The highest BCUT2D eigenvalue weighted by Gasteiger charge is 2.12. The summed E-state index contributed by atoms with van der Waals surface area (Å²) in [5, 5.41) is 4.96. The zero-order valence-corrected chi connectivity index (χ0v) is 17.4. The topological polar surface area (TPSA) is 25.8 Å². The standard InChI is InChI=1S/C30H20N2/c1-2-8-26-23(7-1)19-24-15-16-25(29-10-4-6-18-32-29)20-27(24)30(26)22-13-11-21(12-14-22)28-9-3-5-17-31-28/h1-20H. The predicted molar refractivity (Wildman–Crippen MR) is 133 cm³/mol. The lowest BCUT2D eigenvalue weighted by Gasteiger charge is -2.14. The maximum atomic E-state index is 4.56. The Kier molecular flexibility index (Phi) is 4.47. The Labute approximate surface area is 186 Å². The van der Waals surface area contributed by atoms with E-state index in [0.29, 0.717) is 0 Å². The van der Waals surface area contributed by atoms with Crippen molar-refractivity contribution < 1.29 is 0 Å². The Balaban J connectivity index is 1.59. The highest BCUT2D eigenvalue weighted by molar-refractivity contribution is 6.13. The first-order chi connectivity index (χ1) is 15.9. The smallest absolute Gasteiger partial charge is 0.0702 e. The van der Waals surface area contributed by atoms with Crippen molar-refractivity contribution in [2.45, 2.75) is 0 Å². The molecule has 2 aromatic heterocycles. The number of nitrogens with zero attached hydrogens (tertiary/aromatic N) is 2. The normalized spacial score (nSPS) is 11.1. The maximum absolute atomic E-state index is 4.56. The molecule has 2 nitrogen and oxygen atoms in total. The number of pyridine rings is 2. The molecule has 0 spiro atoms. The van der Waals surface area contributed by atoms with Gasteiger partial charge in [-0.05, 0) is 69.1 Å². The van der Waals surface area contributed by atoms with Gasteiger partial charge < -0.3 is 0 Å². The van der Waals surface area contributed by atoms with E-state index >= 15 is 0 Å². The average Bonchev–Trinajstić information content (AvgIpc) is 2.88. The molecule has 2 heteroatoms. The van der Waals surface area contributed by atoms with E-state index in [1.54, 1.807) is 0 Å². The number of fused-ring (bicyclic) bond motifs is 2. The van der Waals surface area contributed by atoms with Crippen LogP contribution >= 0.6 is 0 Å². The number of hydrogen-bond acceptors (Lipinski definition) is 2. The van der Waals surface area contributed by atoms with Crippen LogP contribution in [0.5, 0.6) is 0 Å². The van der Waals surface area contributed by atoms with Crippen molar-refractivity contribution in [2.75, 3.05) is 0 Å². The second-order valence-electron chi connectivity index (χ2n) is 7.92. The van der Waals surface area contributed by atoms with E-state index < -0.39 is 0 Å². The van der Waals surface area contributed by atoms with E-state index in [0.717, 1.165) is 22.5 Å². The van der Waals surface area contributed by atoms with Gasteiger partial charge in [-0.15, -0.1) is 0 Å². The van der Waals surface area contributed by atoms with E-state index in [-0.39, 0.29) is 0 Å². The number of rotatable bonds is 3. The van der Waals surface area contributed by atoms with Crippen molar-refractivity contribution in [1.82, 2.24) is 9.97 Å². The van der Waals surface area contributed by atoms with Crippen LogP contribution in [-0.4, -0.2) is 9.97 Å². The summed E-state index contributed by atoms with van der Waals surface area (Å²) >= 11 is 0. The molecule has 0 aliphatic carbocycles. The Bertz CT molecular complexity index is 1540. The largest absolute Gasteiger partial charge is 0.256 e. The van der Waals surface area contributed by atoms with Crippen molar-refractivity contribution >= 4 is 21.5 Å². The highest BCUT2D eigenvalue weighted by Crippen LogP contribution is 2.38. The molecule has 150 valence electrons. The molecular formula is C30H20N2. The van der Waals surface area contributed by atoms with Gasteiger partial charge in [0, 0.05) is 23.5 Å². The van der Waals surface area contributed by atoms with Crippen LogP contribution < -0.4 is 0 Å². The minimum Gasteiger partial charge on any atom is -0.256 e. The SMILES string of the molecule is c1ccc(-c2ccc(-c3c4ccccc4cc4ccc(-c5ccccn5)cc34)cc2)nc1. The summed E-state index contributed by atoms with van der Waals surface area (Å²) in [6, 6.07) is 38.3. The highest BCUT2D eigenvalue weighted by atomic mass is 14.7. The quantitative estimate of drug-likeness (QED) is 0.279. The molecule has 0 radical (unpaired) electrons. The van der Waals surface area contributed by atoms with Crippen LogP contribution in [0.25, 0.3) is 55.2 Å². The van der Waals surface area contributed by atoms with E-state index in [1.165, 1.54) is 32.7 Å². The van der Waals surface area contributed by atoms with Crippen LogP contribution in [-0.2, 0) is 0 Å². The summed E-state index contributed by atoms with van der Waals surface area (Å²) in [7, 11) is 0. The number of aromatic nitrogens is 2. The zero-order chi connectivity index (χ0) is 21.3. The lowest BCUT2D eigenvalue weighted by molar-refractivity contribution is 1.33. The Morgan fingerprint density at radius 3 is 1.72 bits per heavy atom. The molecule has 0 fully saturated rings. The molecule has 32 heavy (non-hydrogen) atoms. The molecule has 2 heterocycles. The van der Waals surface area contributed by atoms with Crippen LogP contribution in [0.3, 0.4) is 0 Å². The van der Waals surface area contributed by atoms with Gasteiger partial charge in [0.15, 0.2) is 0 Å². The van der Waals surface area contributed by atoms with Gasteiger partial charge in [0.05, 0.1) is 11.4 Å². The van der Waals surface area contributed by atoms with Crippen LogP contribution in [0.15, 0.2) is 122 Å². The van der Waals surface area contributed by atoms with Crippen LogP contribution in [0.2, 0.25) is 0 Å². The Morgan fingerprint density at radius 2 is 1.00 bits per heavy atom. The molecule has 6 rings (SSSR count). The molecule has 0 aliphatic heterocycles. The molecule has 0 unspecified atom stereocenters. The minimum atomic E-state index is 0.985. The lowest BCUT2D eigenvalue weighted by Crippen LogP contribution is -1.89. The van der Waals surface area contributed by atoms with Crippen LogP contribution in [0.1, 0.15) is 0 Å². The summed E-state index contributed by atoms with van der Waals surface area (Å²) in [6.07, 6.45) is 3.68. The zero-order valence-electron chi connectivity index (χ0n) is 17.4. The van der Waals surface area contributed by atoms with Gasteiger partial charge in [-0.25, -0.2) is 0 Å². The summed E-state index contributed by atoms with van der Waals surface area (Å²) < 4.78 is 0. The molecule has 0 atom stereocenters. The van der Waals surface area contributed by atoms with E-state index in [1.807, 2.05) is 42.7 Å². The van der Waals surface area contributed by atoms with Crippen molar-refractivity contribution in [3.05, 3.63) is 122 Å². The molecule has 4 aromatic carbocycles. The van der Waals surface area contributed by atoms with Gasteiger partial charge in [-0.1, -0.05) is 72.8 Å². The molecule has 0 saturated heterocycles. The molecule has 0 aliphatic rings.